The van der Waals surface area contributed by atoms with Gasteiger partial charge in [0.1, 0.15) is 11.4 Å². The molecule has 0 aromatic rings. The van der Waals surface area contributed by atoms with Gasteiger partial charge >= 0.3 is 0 Å². The van der Waals surface area contributed by atoms with Gasteiger partial charge in [-0.1, -0.05) is 0 Å². The predicted octanol–water partition coefficient (Wildman–Crippen LogP) is 0.559. The topological polar surface area (TPSA) is 56.8 Å². The molecule has 0 amide bonds. The first-order valence-electron chi connectivity index (χ1n) is 4.69. The molecule has 1 aliphatic rings. The van der Waals surface area contributed by atoms with Crippen LogP contribution in [-0.4, -0.2) is 38.3 Å². The Balaban J connectivity index is 2.72. The van der Waals surface area contributed by atoms with Crippen molar-refractivity contribution < 1.29 is 9.47 Å². The summed E-state index contributed by atoms with van der Waals surface area (Å²) in [5.74, 6) is 0.595. The standard InChI is InChI=1S/C9H18N2O2/c1-3-13-9(8(10)11-2)4-6-12-7-5-9/h3-7H2,1-2H3,(H2,10,11). The lowest BCUT2D eigenvalue weighted by molar-refractivity contribution is -0.0645. The molecule has 0 aliphatic carbocycles. The van der Waals surface area contributed by atoms with Crippen LogP contribution in [0.25, 0.3) is 0 Å². The Morgan fingerprint density at radius 2 is 2.15 bits per heavy atom. The second kappa shape index (κ2) is 4.58. The van der Waals surface area contributed by atoms with Crippen molar-refractivity contribution >= 4 is 5.84 Å². The molecule has 2 N–H and O–H groups in total. The van der Waals surface area contributed by atoms with Crippen molar-refractivity contribution in [2.24, 2.45) is 10.7 Å². The Labute approximate surface area is 79.1 Å². The first kappa shape index (κ1) is 10.5. The van der Waals surface area contributed by atoms with Crippen LogP contribution in [0, 0.1) is 0 Å². The summed E-state index contributed by atoms with van der Waals surface area (Å²) in [6.07, 6.45) is 1.62. The van der Waals surface area contributed by atoms with E-state index in [4.69, 9.17) is 15.2 Å². The van der Waals surface area contributed by atoms with Crippen molar-refractivity contribution in [2.75, 3.05) is 26.9 Å². The summed E-state index contributed by atoms with van der Waals surface area (Å²) in [7, 11) is 1.70. The Morgan fingerprint density at radius 3 is 2.62 bits per heavy atom. The van der Waals surface area contributed by atoms with Gasteiger partial charge in [0.25, 0.3) is 0 Å². The summed E-state index contributed by atoms with van der Waals surface area (Å²) in [6.45, 7) is 4.04. The van der Waals surface area contributed by atoms with Crippen LogP contribution in [0.1, 0.15) is 19.8 Å². The van der Waals surface area contributed by atoms with Crippen LogP contribution >= 0.6 is 0 Å². The number of hydrogen-bond acceptors (Lipinski definition) is 3. The van der Waals surface area contributed by atoms with E-state index in [2.05, 4.69) is 4.99 Å². The number of nitrogens with two attached hydrogens (primary N) is 1. The van der Waals surface area contributed by atoms with Crippen molar-refractivity contribution in [3.05, 3.63) is 0 Å². The first-order valence-corrected chi connectivity index (χ1v) is 4.69. The SMILES string of the molecule is CCOC1(C(N)=NC)CCOCC1. The molecule has 0 unspecified atom stereocenters. The fraction of sp³-hybridized carbons (Fsp3) is 0.889. The van der Waals surface area contributed by atoms with Crippen LogP contribution in [0.4, 0.5) is 0 Å². The van der Waals surface area contributed by atoms with Gasteiger partial charge in [-0.2, -0.15) is 0 Å². The smallest absolute Gasteiger partial charge is 0.129 e. The zero-order chi connectivity index (χ0) is 9.73. The minimum Gasteiger partial charge on any atom is -0.385 e. The van der Waals surface area contributed by atoms with Crippen LogP contribution in [0.2, 0.25) is 0 Å². The number of nitrogens with zero attached hydrogens (tertiary/aromatic N) is 1. The van der Waals surface area contributed by atoms with Gasteiger partial charge in [0.2, 0.25) is 0 Å². The highest BCUT2D eigenvalue weighted by atomic mass is 16.5. The third kappa shape index (κ3) is 2.19. The zero-order valence-electron chi connectivity index (χ0n) is 8.38. The van der Waals surface area contributed by atoms with E-state index in [1.54, 1.807) is 7.05 Å². The van der Waals surface area contributed by atoms with Gasteiger partial charge in [-0.05, 0) is 6.92 Å². The van der Waals surface area contributed by atoms with E-state index in [1.165, 1.54) is 0 Å². The summed E-state index contributed by atoms with van der Waals surface area (Å²) in [6, 6.07) is 0. The minimum absolute atomic E-state index is 0.359. The molecule has 0 atom stereocenters. The lowest BCUT2D eigenvalue weighted by Gasteiger charge is -2.36. The Morgan fingerprint density at radius 1 is 1.54 bits per heavy atom. The van der Waals surface area contributed by atoms with E-state index in [1.807, 2.05) is 6.92 Å². The maximum atomic E-state index is 5.84. The van der Waals surface area contributed by atoms with Crippen molar-refractivity contribution in [1.29, 1.82) is 0 Å². The second-order valence-electron chi connectivity index (χ2n) is 3.15. The number of ether oxygens (including phenoxy) is 2. The lowest BCUT2D eigenvalue weighted by Crippen LogP contribution is -2.50. The molecule has 1 fully saturated rings. The van der Waals surface area contributed by atoms with E-state index in [9.17, 15) is 0 Å². The molecular formula is C9H18N2O2. The summed E-state index contributed by atoms with van der Waals surface area (Å²) < 4.78 is 11.0. The summed E-state index contributed by atoms with van der Waals surface area (Å²) in [4.78, 5) is 4.02. The van der Waals surface area contributed by atoms with E-state index in [0.717, 1.165) is 12.8 Å². The van der Waals surface area contributed by atoms with Crippen molar-refractivity contribution in [2.45, 2.75) is 25.4 Å². The Hall–Kier alpha value is -0.610. The van der Waals surface area contributed by atoms with Gasteiger partial charge in [0.05, 0.1) is 0 Å². The highest BCUT2D eigenvalue weighted by molar-refractivity contribution is 5.89. The number of hydrogen-bond donors (Lipinski definition) is 1. The summed E-state index contributed by atoms with van der Waals surface area (Å²) in [5.41, 5.74) is 5.48. The first-order chi connectivity index (χ1) is 6.25. The molecule has 13 heavy (non-hydrogen) atoms. The normalized spacial score (nSPS) is 23.1. The molecule has 1 saturated heterocycles. The van der Waals surface area contributed by atoms with Crippen LogP contribution in [0.3, 0.4) is 0 Å². The number of rotatable bonds is 3. The molecule has 1 heterocycles. The molecule has 0 radical (unpaired) electrons. The summed E-state index contributed by atoms with van der Waals surface area (Å²) >= 11 is 0. The molecule has 0 aromatic carbocycles. The minimum atomic E-state index is -0.359. The van der Waals surface area contributed by atoms with Gasteiger partial charge in [-0.25, -0.2) is 0 Å². The highest BCUT2D eigenvalue weighted by Gasteiger charge is 2.36. The monoisotopic (exact) mass is 186 g/mol. The Kier molecular flexibility index (Phi) is 3.69. The van der Waals surface area contributed by atoms with Gasteiger partial charge in [0.15, 0.2) is 0 Å². The lowest BCUT2D eigenvalue weighted by atomic mass is 9.92. The maximum Gasteiger partial charge on any atom is 0.129 e. The van der Waals surface area contributed by atoms with Gasteiger partial charge < -0.3 is 15.2 Å². The quantitative estimate of drug-likeness (QED) is 0.517. The molecule has 1 rings (SSSR count). The molecule has 1 aliphatic heterocycles. The summed E-state index contributed by atoms with van der Waals surface area (Å²) in [5, 5.41) is 0. The predicted molar refractivity (Wildman–Crippen MR) is 52.0 cm³/mol. The largest absolute Gasteiger partial charge is 0.385 e. The van der Waals surface area contributed by atoms with Crippen molar-refractivity contribution in [3.63, 3.8) is 0 Å². The molecule has 76 valence electrons. The zero-order valence-corrected chi connectivity index (χ0v) is 8.38. The van der Waals surface area contributed by atoms with Gasteiger partial charge in [-0.15, -0.1) is 0 Å². The van der Waals surface area contributed by atoms with E-state index in [-0.39, 0.29) is 5.60 Å². The van der Waals surface area contributed by atoms with Crippen LogP contribution in [-0.2, 0) is 9.47 Å². The Bertz CT molecular complexity index is 181. The average Bonchev–Trinajstić information content (AvgIpc) is 2.18. The molecule has 0 spiro atoms. The third-order valence-electron chi connectivity index (χ3n) is 2.43. The molecule has 4 nitrogen and oxygen atoms in total. The van der Waals surface area contributed by atoms with Gasteiger partial charge in [-0.3, -0.25) is 4.99 Å². The van der Waals surface area contributed by atoms with Crippen LogP contribution < -0.4 is 5.73 Å². The fourth-order valence-corrected chi connectivity index (χ4v) is 1.66. The molecule has 0 saturated carbocycles. The average molecular weight is 186 g/mol. The van der Waals surface area contributed by atoms with Crippen molar-refractivity contribution in [3.8, 4) is 0 Å². The van der Waals surface area contributed by atoms with Crippen molar-refractivity contribution in [1.82, 2.24) is 0 Å². The van der Waals surface area contributed by atoms with Gasteiger partial charge in [0, 0.05) is 39.7 Å². The highest BCUT2D eigenvalue weighted by Crippen LogP contribution is 2.25. The molecule has 4 heteroatoms. The molecule has 0 bridgehead atoms. The maximum absolute atomic E-state index is 5.84. The number of amidine groups is 1. The van der Waals surface area contributed by atoms with Crippen LogP contribution in [0.15, 0.2) is 4.99 Å². The third-order valence-corrected chi connectivity index (χ3v) is 2.43. The second-order valence-corrected chi connectivity index (χ2v) is 3.15. The van der Waals surface area contributed by atoms with E-state index < -0.39 is 0 Å². The number of aliphatic imine (C=N–C) groups is 1. The fourth-order valence-electron chi connectivity index (χ4n) is 1.66. The van der Waals surface area contributed by atoms with Crippen LogP contribution in [0.5, 0.6) is 0 Å². The molecular weight excluding hydrogens is 168 g/mol. The molecule has 0 aromatic heterocycles. The van der Waals surface area contributed by atoms with E-state index in [0.29, 0.717) is 25.7 Å². The van der Waals surface area contributed by atoms with E-state index >= 15 is 0 Å².